The number of rotatable bonds is 0. The zero-order valence-electron chi connectivity index (χ0n) is 6.61. The average Bonchev–Trinajstić information content (AvgIpc) is 1.81. The summed E-state index contributed by atoms with van der Waals surface area (Å²) >= 11 is 2.99. The van der Waals surface area contributed by atoms with Crippen molar-refractivity contribution in [3.05, 3.63) is 10.2 Å². The van der Waals surface area contributed by atoms with Crippen LogP contribution in [0, 0.1) is 5.41 Å². The highest BCUT2D eigenvalue weighted by atomic mass is 79.9. The predicted octanol–water partition coefficient (Wildman–Crippen LogP) is 1.34. The summed E-state index contributed by atoms with van der Waals surface area (Å²) in [5.41, 5.74) is -0.147. The summed E-state index contributed by atoms with van der Waals surface area (Å²) in [6.45, 7) is 3.87. The van der Waals surface area contributed by atoms with E-state index in [1.165, 1.54) is 0 Å². The number of ketones is 1. The third-order valence-corrected chi connectivity index (χ3v) is 2.65. The first-order valence-corrected chi connectivity index (χ1v) is 4.30. The average molecular weight is 218 g/mol. The molecule has 0 N–H and O–H groups in total. The largest absolute Gasteiger partial charge is 0.875 e. The van der Waals surface area contributed by atoms with Gasteiger partial charge in [-0.2, -0.15) is 0 Å². The summed E-state index contributed by atoms with van der Waals surface area (Å²) in [5, 5.41) is 11.1. The molecule has 0 atom stereocenters. The van der Waals surface area contributed by atoms with E-state index < -0.39 is 0 Å². The van der Waals surface area contributed by atoms with Crippen molar-refractivity contribution in [3.63, 3.8) is 0 Å². The minimum atomic E-state index is -0.147. The molecule has 0 fully saturated rings. The molecule has 1 aliphatic rings. The normalized spacial score (nSPS) is 24.1. The van der Waals surface area contributed by atoms with E-state index in [9.17, 15) is 9.90 Å². The van der Waals surface area contributed by atoms with Crippen molar-refractivity contribution >= 4 is 21.7 Å². The lowest BCUT2D eigenvalue weighted by Gasteiger charge is -2.33. The predicted molar refractivity (Wildman–Crippen MR) is 44.0 cm³/mol. The lowest BCUT2D eigenvalue weighted by atomic mass is 9.79. The van der Waals surface area contributed by atoms with Gasteiger partial charge in [-0.15, -0.1) is 5.76 Å². The van der Waals surface area contributed by atoms with Crippen molar-refractivity contribution in [1.82, 2.24) is 0 Å². The highest BCUT2D eigenvalue weighted by Crippen LogP contribution is 2.36. The first kappa shape index (κ1) is 8.78. The van der Waals surface area contributed by atoms with Gasteiger partial charge in [0.15, 0.2) is 5.78 Å². The van der Waals surface area contributed by atoms with Crippen LogP contribution >= 0.6 is 15.9 Å². The van der Waals surface area contributed by atoms with Crippen LogP contribution in [0.15, 0.2) is 10.2 Å². The molecule has 0 bridgehead atoms. The summed E-state index contributed by atoms with van der Waals surface area (Å²) in [6, 6.07) is 0. The molecule has 11 heavy (non-hydrogen) atoms. The molecule has 62 valence electrons. The number of Topliss-reactive ketones (excluding diaryl/α,β-unsaturated/α-hetero) is 1. The van der Waals surface area contributed by atoms with Crippen LogP contribution in [0.25, 0.3) is 0 Å². The number of hydrogen-bond acceptors (Lipinski definition) is 2. The lowest BCUT2D eigenvalue weighted by molar-refractivity contribution is -0.311. The summed E-state index contributed by atoms with van der Waals surface area (Å²) in [6.07, 6.45) is 0.943. The molecule has 3 heteroatoms. The Labute approximate surface area is 74.4 Å². The number of allylic oxidation sites excluding steroid dienone is 2. The summed E-state index contributed by atoms with van der Waals surface area (Å²) in [4.78, 5) is 11.1. The molecule has 0 saturated carbocycles. The molecule has 0 aromatic heterocycles. The Hall–Kier alpha value is -0.310. The Morgan fingerprint density at radius 2 is 2.00 bits per heavy atom. The third-order valence-electron chi connectivity index (χ3n) is 1.77. The highest BCUT2D eigenvalue weighted by molar-refractivity contribution is 9.12. The van der Waals surface area contributed by atoms with E-state index in [4.69, 9.17) is 0 Å². The zero-order valence-corrected chi connectivity index (χ0v) is 8.19. The Balaban J connectivity index is 2.94. The van der Waals surface area contributed by atoms with Crippen molar-refractivity contribution in [2.24, 2.45) is 5.41 Å². The van der Waals surface area contributed by atoms with Crippen molar-refractivity contribution in [3.8, 4) is 0 Å². The van der Waals surface area contributed by atoms with Gasteiger partial charge < -0.3 is 5.11 Å². The molecule has 0 radical (unpaired) electrons. The fraction of sp³-hybridized carbons (Fsp3) is 0.625. The topological polar surface area (TPSA) is 40.1 Å². The summed E-state index contributed by atoms with van der Waals surface area (Å²) < 4.78 is 0.247. The fourth-order valence-corrected chi connectivity index (χ4v) is 1.52. The van der Waals surface area contributed by atoms with Gasteiger partial charge >= 0.3 is 0 Å². The molecule has 0 aromatic rings. The molecule has 0 aliphatic heterocycles. The van der Waals surface area contributed by atoms with E-state index in [-0.39, 0.29) is 21.4 Å². The quantitative estimate of drug-likeness (QED) is 0.615. The van der Waals surface area contributed by atoms with E-state index in [0.29, 0.717) is 12.8 Å². The maximum absolute atomic E-state index is 11.1. The van der Waals surface area contributed by atoms with Crippen LogP contribution in [0.5, 0.6) is 0 Å². The molecule has 0 spiro atoms. The van der Waals surface area contributed by atoms with Crippen LogP contribution in [0.4, 0.5) is 0 Å². The van der Waals surface area contributed by atoms with Crippen molar-refractivity contribution in [2.75, 3.05) is 0 Å². The maximum atomic E-state index is 11.1. The van der Waals surface area contributed by atoms with E-state index in [2.05, 4.69) is 15.9 Å². The maximum Gasteiger partial charge on any atom is 0.169 e. The zero-order chi connectivity index (χ0) is 8.65. The van der Waals surface area contributed by atoms with Crippen molar-refractivity contribution < 1.29 is 9.90 Å². The van der Waals surface area contributed by atoms with E-state index in [1.54, 1.807) is 0 Å². The van der Waals surface area contributed by atoms with Gasteiger partial charge in [-0.05, 0) is 27.8 Å². The van der Waals surface area contributed by atoms with Crippen molar-refractivity contribution in [1.29, 1.82) is 0 Å². The van der Waals surface area contributed by atoms with Gasteiger partial charge in [0, 0.05) is 10.9 Å². The standard InChI is InChI=1S/C8H11BrO2/c1-8(2)3-5(10)7(9)6(11)4-8/h10H,3-4H2,1-2H3/p-1. The van der Waals surface area contributed by atoms with Crippen LogP contribution in [-0.2, 0) is 4.79 Å². The van der Waals surface area contributed by atoms with Gasteiger partial charge in [-0.25, -0.2) is 0 Å². The second-order valence-electron chi connectivity index (χ2n) is 3.68. The first-order valence-electron chi connectivity index (χ1n) is 3.51. The Morgan fingerprint density at radius 3 is 2.45 bits per heavy atom. The van der Waals surface area contributed by atoms with Gasteiger partial charge in [0.2, 0.25) is 0 Å². The summed E-state index contributed by atoms with van der Waals surface area (Å²) in [7, 11) is 0. The van der Waals surface area contributed by atoms with Gasteiger partial charge in [-0.1, -0.05) is 13.8 Å². The molecule has 1 aliphatic carbocycles. The van der Waals surface area contributed by atoms with Crippen LogP contribution in [0.2, 0.25) is 0 Å². The molecule has 0 amide bonds. The van der Waals surface area contributed by atoms with E-state index >= 15 is 0 Å². The first-order chi connectivity index (χ1) is 4.92. The number of carbonyl (C=O) groups excluding carboxylic acids is 1. The lowest BCUT2D eigenvalue weighted by Crippen LogP contribution is -2.28. The third kappa shape index (κ3) is 1.83. The molecule has 0 unspecified atom stereocenters. The van der Waals surface area contributed by atoms with Gasteiger partial charge in [-0.3, -0.25) is 4.79 Å². The van der Waals surface area contributed by atoms with E-state index in [1.807, 2.05) is 13.8 Å². The molecule has 0 aromatic carbocycles. The fourth-order valence-electron chi connectivity index (χ4n) is 1.24. The van der Waals surface area contributed by atoms with Gasteiger partial charge in [0.1, 0.15) is 0 Å². The number of halogens is 1. The molecule has 1 rings (SSSR count). The molecule has 0 saturated heterocycles. The molecular formula is C8H10BrO2-. The molecule has 2 nitrogen and oxygen atoms in total. The van der Waals surface area contributed by atoms with Crippen molar-refractivity contribution in [2.45, 2.75) is 26.7 Å². The monoisotopic (exact) mass is 217 g/mol. The van der Waals surface area contributed by atoms with Gasteiger partial charge in [0.05, 0.1) is 0 Å². The second kappa shape index (κ2) is 2.63. The van der Waals surface area contributed by atoms with Crippen LogP contribution < -0.4 is 5.11 Å². The Bertz CT molecular complexity index is 228. The Morgan fingerprint density at radius 1 is 1.45 bits per heavy atom. The number of hydrogen-bond donors (Lipinski definition) is 0. The molecule has 0 heterocycles. The minimum absolute atomic E-state index is 0.0637. The van der Waals surface area contributed by atoms with Crippen LogP contribution in [0.3, 0.4) is 0 Å². The van der Waals surface area contributed by atoms with Crippen LogP contribution in [-0.4, -0.2) is 5.78 Å². The molecular weight excluding hydrogens is 208 g/mol. The number of carbonyl (C=O) groups is 1. The Kier molecular flexibility index (Phi) is 2.10. The second-order valence-corrected chi connectivity index (χ2v) is 4.47. The minimum Gasteiger partial charge on any atom is -0.875 e. The summed E-state index contributed by atoms with van der Waals surface area (Å²) in [5.74, 6) is -0.127. The SMILES string of the molecule is CC1(C)CC(=O)C(Br)=C([O-])C1. The van der Waals surface area contributed by atoms with Crippen LogP contribution in [0.1, 0.15) is 26.7 Å². The highest BCUT2D eigenvalue weighted by Gasteiger charge is 2.27. The van der Waals surface area contributed by atoms with E-state index in [0.717, 1.165) is 0 Å². The smallest absolute Gasteiger partial charge is 0.169 e. The van der Waals surface area contributed by atoms with Gasteiger partial charge in [0.25, 0.3) is 0 Å².